The molecule has 3 aliphatic rings. The number of anilines is 1. The smallest absolute Gasteiger partial charge is 0.493 e. The number of halogens is 1. The van der Waals surface area contributed by atoms with Crippen molar-refractivity contribution in [3.8, 4) is 11.5 Å². The fraction of sp³-hybridized carbons (Fsp3) is 0.514. The summed E-state index contributed by atoms with van der Waals surface area (Å²) < 4.78 is 29.6. The van der Waals surface area contributed by atoms with Crippen LogP contribution in [0, 0.1) is 11.8 Å². The Bertz CT molecular complexity index is 1710. The van der Waals surface area contributed by atoms with E-state index in [-0.39, 0.29) is 36.2 Å². The van der Waals surface area contributed by atoms with Crippen LogP contribution in [-0.2, 0) is 32.1 Å². The number of phosphoric ester groups is 1. The second kappa shape index (κ2) is 14.6. The molecular weight excluding hydrogens is 665 g/mol. The molecule has 3 aromatic rings. The molecule has 1 fully saturated rings. The van der Waals surface area contributed by atoms with Crippen molar-refractivity contribution in [3.05, 3.63) is 82.1 Å². The van der Waals surface area contributed by atoms with Gasteiger partial charge in [0.05, 0.1) is 13.2 Å². The van der Waals surface area contributed by atoms with Gasteiger partial charge < -0.3 is 25.4 Å². The molecule has 5 N–H and O–H groups in total. The average Bonchev–Trinajstić information content (AvgIpc) is 3.35. The van der Waals surface area contributed by atoms with Crippen LogP contribution >= 0.6 is 19.4 Å². The first-order chi connectivity index (χ1) is 23.4. The van der Waals surface area contributed by atoms with Crippen molar-refractivity contribution < 1.29 is 33.1 Å². The molecule has 1 saturated carbocycles. The minimum Gasteiger partial charge on any atom is -0.493 e. The molecule has 1 spiro atoms. The standard InChI is InChI=1S/C37H47ClN3O7P/c1-24(23-46-33-11-17-40-32-8-3-5-25(2)34(32)33)19-27-20-26-9-10-30(48-49(44,45)47-18-16-39)22-31(26)36(27)12-14-37(15-13-36,35(42)43)41-29-7-4-6-28(38)21-29/h4,6-7,9-11,17,21-22,24-25,27,41H,3,5,8,12-16,18-20,23,39H2,1-2H3,(H,42,43)(H,44,45)/t24-,25-,27?,36?,37?/m1/s1. The Balaban J connectivity index is 1.26. The summed E-state index contributed by atoms with van der Waals surface area (Å²) in [5, 5.41) is 14.4. The maximum absolute atomic E-state index is 12.9. The number of phosphoric acid groups is 1. The van der Waals surface area contributed by atoms with Gasteiger partial charge in [0.1, 0.15) is 17.0 Å². The van der Waals surface area contributed by atoms with E-state index in [0.717, 1.165) is 54.7 Å². The van der Waals surface area contributed by atoms with Crippen LogP contribution in [0.2, 0.25) is 5.02 Å². The van der Waals surface area contributed by atoms with E-state index in [1.807, 2.05) is 30.5 Å². The summed E-state index contributed by atoms with van der Waals surface area (Å²) in [5.74, 6) is 1.10. The highest BCUT2D eigenvalue weighted by molar-refractivity contribution is 7.47. The van der Waals surface area contributed by atoms with Gasteiger partial charge in [0.15, 0.2) is 0 Å². The summed E-state index contributed by atoms with van der Waals surface area (Å²) in [6, 6.07) is 14.7. The van der Waals surface area contributed by atoms with Crippen molar-refractivity contribution in [2.45, 2.75) is 88.5 Å². The monoisotopic (exact) mass is 711 g/mol. The zero-order valence-electron chi connectivity index (χ0n) is 28.2. The maximum Gasteiger partial charge on any atom is 0.527 e. The predicted molar refractivity (Wildman–Crippen MR) is 190 cm³/mol. The number of nitrogens with one attached hydrogen (secondary N) is 1. The fourth-order valence-electron chi connectivity index (χ4n) is 8.46. The number of carbonyl (C=O) groups is 1. The lowest BCUT2D eigenvalue weighted by atomic mass is 9.59. The largest absolute Gasteiger partial charge is 0.527 e. The zero-order chi connectivity index (χ0) is 34.8. The third kappa shape index (κ3) is 7.64. The Morgan fingerprint density at radius 1 is 1.18 bits per heavy atom. The lowest BCUT2D eigenvalue weighted by Crippen LogP contribution is -2.53. The number of aromatic nitrogens is 1. The normalized spacial score (nSPS) is 26.3. The summed E-state index contributed by atoms with van der Waals surface area (Å²) in [6.45, 7) is 4.99. The van der Waals surface area contributed by atoms with Gasteiger partial charge in [-0.2, -0.15) is 0 Å². The van der Waals surface area contributed by atoms with E-state index in [9.17, 15) is 19.4 Å². The van der Waals surface area contributed by atoms with Crippen molar-refractivity contribution in [2.75, 3.05) is 25.1 Å². The molecule has 3 aliphatic carbocycles. The Labute approximate surface area is 293 Å². The van der Waals surface area contributed by atoms with E-state index in [2.05, 4.69) is 24.1 Å². The van der Waals surface area contributed by atoms with Gasteiger partial charge in [0.2, 0.25) is 0 Å². The molecule has 6 rings (SSSR count). The summed E-state index contributed by atoms with van der Waals surface area (Å²) in [4.78, 5) is 27.8. The number of carboxylic acid groups (broad SMARTS) is 1. The third-order valence-corrected chi connectivity index (χ3v) is 12.0. The number of fused-ring (bicyclic) bond motifs is 3. The van der Waals surface area contributed by atoms with Crippen LogP contribution in [0.5, 0.6) is 11.5 Å². The molecule has 12 heteroatoms. The Hall–Kier alpha value is -3.14. The van der Waals surface area contributed by atoms with Crippen LogP contribution in [0.4, 0.5) is 5.69 Å². The summed E-state index contributed by atoms with van der Waals surface area (Å²) in [7, 11) is -4.37. The number of aliphatic carboxylic acids is 1. The van der Waals surface area contributed by atoms with E-state index < -0.39 is 19.3 Å². The second-order valence-electron chi connectivity index (χ2n) is 14.2. The van der Waals surface area contributed by atoms with Crippen LogP contribution in [0.3, 0.4) is 0 Å². The van der Waals surface area contributed by atoms with Crippen LogP contribution in [0.25, 0.3) is 0 Å². The molecule has 0 bridgehead atoms. The van der Waals surface area contributed by atoms with Crippen LogP contribution < -0.4 is 20.3 Å². The minimum absolute atomic E-state index is 0.0853. The molecule has 10 nitrogen and oxygen atoms in total. The van der Waals surface area contributed by atoms with Gasteiger partial charge in [-0.15, -0.1) is 0 Å². The van der Waals surface area contributed by atoms with Gasteiger partial charge in [0, 0.05) is 34.7 Å². The molecule has 2 aromatic carbocycles. The van der Waals surface area contributed by atoms with Gasteiger partial charge in [0.25, 0.3) is 0 Å². The molecule has 0 radical (unpaired) electrons. The van der Waals surface area contributed by atoms with Crippen LogP contribution in [0.15, 0.2) is 54.7 Å². The summed E-state index contributed by atoms with van der Waals surface area (Å²) in [5.41, 5.74) is 9.16. The number of pyridine rings is 1. The van der Waals surface area contributed by atoms with Crippen molar-refractivity contribution in [2.24, 2.45) is 17.6 Å². The fourth-order valence-corrected chi connectivity index (χ4v) is 9.42. The second-order valence-corrected chi connectivity index (χ2v) is 16.0. The Morgan fingerprint density at radius 2 is 1.98 bits per heavy atom. The molecule has 4 atom stereocenters. The molecular formula is C37H47ClN3O7P. The molecule has 2 unspecified atom stereocenters. The topological polar surface area (TPSA) is 153 Å². The average molecular weight is 712 g/mol. The molecule has 0 amide bonds. The highest BCUT2D eigenvalue weighted by atomic mass is 35.5. The summed E-state index contributed by atoms with van der Waals surface area (Å²) in [6.07, 6.45) is 8.78. The van der Waals surface area contributed by atoms with Crippen molar-refractivity contribution in [1.29, 1.82) is 0 Å². The van der Waals surface area contributed by atoms with E-state index in [0.29, 0.717) is 48.9 Å². The number of ether oxygens (including phenoxy) is 1. The number of nitrogens with zero attached hydrogens (tertiary/aromatic N) is 1. The molecule has 0 saturated heterocycles. The van der Waals surface area contributed by atoms with Crippen molar-refractivity contribution >= 4 is 31.1 Å². The Kier molecular flexibility index (Phi) is 10.6. The first-order valence-corrected chi connectivity index (χ1v) is 19.2. The number of benzene rings is 2. The molecule has 1 aromatic heterocycles. The SMILES string of the molecule is C[C@@H](COc1ccnc2c1[C@H](C)CCC2)CC1Cc2ccc(OP(=O)(O)OCCN)cc2C12CCC(Nc1cccc(Cl)c1)(C(=O)O)CC2. The predicted octanol–water partition coefficient (Wildman–Crippen LogP) is 7.65. The third-order valence-electron chi connectivity index (χ3n) is 10.9. The Morgan fingerprint density at radius 3 is 2.71 bits per heavy atom. The number of nitrogens with two attached hydrogens (primary N) is 1. The van der Waals surface area contributed by atoms with Gasteiger partial charge in [-0.05, 0) is 128 Å². The quantitative estimate of drug-likeness (QED) is 0.130. The lowest BCUT2D eigenvalue weighted by molar-refractivity contribution is -0.144. The van der Waals surface area contributed by atoms with Crippen molar-refractivity contribution in [3.63, 3.8) is 0 Å². The molecule has 1 heterocycles. The first kappa shape index (κ1) is 35.7. The number of carboxylic acids is 1. The first-order valence-electron chi connectivity index (χ1n) is 17.3. The van der Waals surface area contributed by atoms with Crippen molar-refractivity contribution in [1.82, 2.24) is 4.98 Å². The number of aryl methyl sites for hydroxylation is 1. The molecule has 0 aliphatic heterocycles. The van der Waals surface area contributed by atoms with Crippen LogP contribution in [0.1, 0.15) is 87.1 Å². The van der Waals surface area contributed by atoms with E-state index >= 15 is 0 Å². The van der Waals surface area contributed by atoms with Gasteiger partial charge in [-0.3, -0.25) is 14.4 Å². The van der Waals surface area contributed by atoms with Crippen LogP contribution in [-0.4, -0.2) is 46.3 Å². The number of hydrogen-bond donors (Lipinski definition) is 4. The minimum atomic E-state index is -4.37. The summed E-state index contributed by atoms with van der Waals surface area (Å²) >= 11 is 6.24. The number of rotatable bonds is 13. The van der Waals surface area contributed by atoms with Gasteiger partial charge in [-0.25, -0.2) is 9.36 Å². The zero-order valence-corrected chi connectivity index (χ0v) is 29.8. The van der Waals surface area contributed by atoms with Gasteiger partial charge in [-0.1, -0.05) is 37.6 Å². The maximum atomic E-state index is 12.9. The van der Waals surface area contributed by atoms with E-state index in [1.165, 1.54) is 5.56 Å². The highest BCUT2D eigenvalue weighted by Gasteiger charge is 2.54. The highest BCUT2D eigenvalue weighted by Crippen LogP contribution is 2.57. The van der Waals surface area contributed by atoms with Gasteiger partial charge >= 0.3 is 13.8 Å². The number of hydrogen-bond acceptors (Lipinski definition) is 8. The van der Waals surface area contributed by atoms with E-state index in [1.54, 1.807) is 24.3 Å². The lowest BCUT2D eigenvalue weighted by Gasteiger charge is -2.47. The molecule has 49 heavy (non-hydrogen) atoms. The molecule has 264 valence electrons. The van der Waals surface area contributed by atoms with E-state index in [4.69, 9.17) is 31.1 Å².